The van der Waals surface area contributed by atoms with E-state index in [9.17, 15) is 0 Å². The van der Waals surface area contributed by atoms with Gasteiger partial charge < -0.3 is 10.1 Å². The van der Waals surface area contributed by atoms with Crippen LogP contribution in [0.1, 0.15) is 49.3 Å². The van der Waals surface area contributed by atoms with Gasteiger partial charge in [-0.1, -0.05) is 13.8 Å². The second kappa shape index (κ2) is 7.06. The Bertz CT molecular complexity index is 407. The fourth-order valence-electron chi connectivity index (χ4n) is 3.42. The van der Waals surface area contributed by atoms with E-state index in [1.807, 2.05) is 18.4 Å². The SMILES string of the molecule is CCc1ccc(CC(NC)C2(OC)CCC(C)CC2)s1. The maximum absolute atomic E-state index is 6.03. The van der Waals surface area contributed by atoms with E-state index in [0.717, 1.165) is 18.8 Å². The molecular weight excluding hydrogens is 266 g/mol. The Kier molecular flexibility index (Phi) is 5.65. The summed E-state index contributed by atoms with van der Waals surface area (Å²) in [6, 6.07) is 4.99. The van der Waals surface area contributed by atoms with E-state index in [0.29, 0.717) is 6.04 Å². The molecule has 0 aliphatic heterocycles. The zero-order valence-electron chi connectivity index (χ0n) is 13.4. The van der Waals surface area contributed by atoms with Crippen LogP contribution in [0, 0.1) is 5.92 Å². The lowest BCUT2D eigenvalue weighted by Gasteiger charge is -2.44. The summed E-state index contributed by atoms with van der Waals surface area (Å²) in [5.41, 5.74) is 0.0254. The minimum Gasteiger partial charge on any atom is -0.377 e. The summed E-state index contributed by atoms with van der Waals surface area (Å²) >= 11 is 1.95. The van der Waals surface area contributed by atoms with Crippen LogP contribution in [0.5, 0.6) is 0 Å². The first-order valence-corrected chi connectivity index (χ1v) is 8.75. The number of ether oxygens (including phenoxy) is 1. The molecular formula is C17H29NOS. The number of hydrogen-bond donors (Lipinski definition) is 1. The monoisotopic (exact) mass is 295 g/mol. The molecule has 0 bridgehead atoms. The van der Waals surface area contributed by atoms with E-state index < -0.39 is 0 Å². The zero-order chi connectivity index (χ0) is 14.6. The largest absolute Gasteiger partial charge is 0.377 e. The topological polar surface area (TPSA) is 21.3 Å². The van der Waals surface area contributed by atoms with E-state index in [1.165, 1.54) is 35.4 Å². The Morgan fingerprint density at radius 3 is 2.50 bits per heavy atom. The van der Waals surface area contributed by atoms with Crippen LogP contribution in [-0.2, 0) is 17.6 Å². The van der Waals surface area contributed by atoms with Crippen LogP contribution in [0.25, 0.3) is 0 Å². The highest BCUT2D eigenvalue weighted by Gasteiger charge is 2.40. The van der Waals surface area contributed by atoms with Crippen molar-refractivity contribution in [3.8, 4) is 0 Å². The number of thiophene rings is 1. The van der Waals surface area contributed by atoms with Gasteiger partial charge in [0.25, 0.3) is 0 Å². The van der Waals surface area contributed by atoms with E-state index in [-0.39, 0.29) is 5.60 Å². The van der Waals surface area contributed by atoms with Gasteiger partial charge in [0, 0.05) is 22.9 Å². The summed E-state index contributed by atoms with van der Waals surface area (Å²) in [5, 5.41) is 3.54. The van der Waals surface area contributed by atoms with Gasteiger partial charge in [-0.25, -0.2) is 0 Å². The molecule has 1 saturated carbocycles. The lowest BCUT2D eigenvalue weighted by molar-refractivity contribution is -0.0729. The third-order valence-electron chi connectivity index (χ3n) is 4.98. The Morgan fingerprint density at radius 1 is 1.35 bits per heavy atom. The van der Waals surface area contributed by atoms with Crippen LogP contribution < -0.4 is 5.32 Å². The highest BCUT2D eigenvalue weighted by atomic mass is 32.1. The van der Waals surface area contributed by atoms with Crippen molar-refractivity contribution in [2.45, 2.75) is 64.0 Å². The predicted octanol–water partition coefficient (Wildman–Crippen LogP) is 4.04. The third-order valence-corrected chi connectivity index (χ3v) is 6.23. The summed E-state index contributed by atoms with van der Waals surface area (Å²) in [6.07, 6.45) is 7.17. The van der Waals surface area contributed by atoms with Crippen molar-refractivity contribution in [1.82, 2.24) is 5.32 Å². The Hall–Kier alpha value is -0.380. The molecule has 0 radical (unpaired) electrons. The average molecular weight is 295 g/mol. The number of rotatable bonds is 6. The summed E-state index contributed by atoms with van der Waals surface area (Å²) in [5.74, 6) is 0.851. The maximum Gasteiger partial charge on any atom is 0.0834 e. The zero-order valence-corrected chi connectivity index (χ0v) is 14.2. The van der Waals surface area contributed by atoms with Crippen molar-refractivity contribution >= 4 is 11.3 Å². The molecule has 1 aliphatic carbocycles. The van der Waals surface area contributed by atoms with Gasteiger partial charge in [0.1, 0.15) is 0 Å². The standard InChI is InChI=1S/C17H29NOS/c1-5-14-6-7-15(20-14)12-16(18-3)17(19-4)10-8-13(2)9-11-17/h6-7,13,16,18H,5,8-12H2,1-4H3. The van der Waals surface area contributed by atoms with Crippen molar-refractivity contribution in [3.63, 3.8) is 0 Å². The molecule has 1 atom stereocenters. The molecule has 1 aromatic rings. The fraction of sp³-hybridized carbons (Fsp3) is 0.765. The van der Waals surface area contributed by atoms with Crippen LogP contribution in [0.15, 0.2) is 12.1 Å². The highest BCUT2D eigenvalue weighted by molar-refractivity contribution is 7.11. The molecule has 3 heteroatoms. The number of aryl methyl sites for hydroxylation is 1. The Balaban J connectivity index is 2.09. The Labute approximate surface area is 127 Å². The molecule has 2 rings (SSSR count). The maximum atomic E-state index is 6.03. The summed E-state index contributed by atoms with van der Waals surface area (Å²) in [7, 11) is 3.98. The highest BCUT2D eigenvalue weighted by Crippen LogP contribution is 2.38. The van der Waals surface area contributed by atoms with Crippen LogP contribution in [0.3, 0.4) is 0 Å². The van der Waals surface area contributed by atoms with Gasteiger partial charge in [-0.3, -0.25) is 0 Å². The predicted molar refractivity (Wildman–Crippen MR) is 87.6 cm³/mol. The smallest absolute Gasteiger partial charge is 0.0834 e. The number of likely N-dealkylation sites (N-methyl/N-ethyl adjacent to an activating group) is 1. The van der Waals surface area contributed by atoms with Gasteiger partial charge in [-0.05, 0) is 63.6 Å². The van der Waals surface area contributed by atoms with Crippen molar-refractivity contribution in [2.75, 3.05) is 14.2 Å². The van der Waals surface area contributed by atoms with Crippen LogP contribution >= 0.6 is 11.3 Å². The molecule has 20 heavy (non-hydrogen) atoms. The molecule has 2 nitrogen and oxygen atoms in total. The van der Waals surface area contributed by atoms with Gasteiger partial charge in [-0.2, -0.15) is 0 Å². The van der Waals surface area contributed by atoms with Crippen molar-refractivity contribution in [1.29, 1.82) is 0 Å². The van der Waals surface area contributed by atoms with E-state index in [2.05, 4.69) is 38.3 Å². The fourth-order valence-corrected chi connectivity index (χ4v) is 4.42. The molecule has 0 aromatic carbocycles. The van der Waals surface area contributed by atoms with Crippen molar-refractivity contribution < 1.29 is 4.74 Å². The molecule has 1 aromatic heterocycles. The second-order valence-corrected chi connectivity index (χ2v) is 7.47. The minimum absolute atomic E-state index is 0.0254. The number of hydrogen-bond acceptors (Lipinski definition) is 3. The van der Waals surface area contributed by atoms with Crippen molar-refractivity contribution in [2.24, 2.45) is 5.92 Å². The summed E-state index contributed by atoms with van der Waals surface area (Å²) in [6.45, 7) is 4.59. The van der Waals surface area contributed by atoms with E-state index in [4.69, 9.17) is 4.74 Å². The Morgan fingerprint density at radius 2 is 2.00 bits per heavy atom. The van der Waals surface area contributed by atoms with Gasteiger partial charge in [0.05, 0.1) is 5.60 Å². The summed E-state index contributed by atoms with van der Waals surface area (Å²) < 4.78 is 6.03. The van der Waals surface area contributed by atoms with Crippen molar-refractivity contribution in [3.05, 3.63) is 21.9 Å². The summed E-state index contributed by atoms with van der Waals surface area (Å²) in [4.78, 5) is 2.97. The van der Waals surface area contributed by atoms with Gasteiger partial charge in [0.15, 0.2) is 0 Å². The molecule has 1 heterocycles. The van der Waals surface area contributed by atoms with Gasteiger partial charge in [0.2, 0.25) is 0 Å². The average Bonchev–Trinajstić information content (AvgIpc) is 2.94. The molecule has 1 fully saturated rings. The second-order valence-electron chi connectivity index (χ2n) is 6.22. The van der Waals surface area contributed by atoms with Crippen LogP contribution in [-0.4, -0.2) is 25.8 Å². The molecule has 0 amide bonds. The first kappa shape index (κ1) is 16.0. The first-order valence-electron chi connectivity index (χ1n) is 7.93. The molecule has 1 aliphatic rings. The van der Waals surface area contributed by atoms with E-state index in [1.54, 1.807) is 0 Å². The normalized spacial score (nSPS) is 28.5. The molecule has 0 saturated heterocycles. The van der Waals surface area contributed by atoms with E-state index >= 15 is 0 Å². The minimum atomic E-state index is 0.0254. The lowest BCUT2D eigenvalue weighted by atomic mass is 9.74. The van der Waals surface area contributed by atoms with Gasteiger partial charge >= 0.3 is 0 Å². The number of nitrogens with one attached hydrogen (secondary N) is 1. The number of methoxy groups -OCH3 is 1. The quantitative estimate of drug-likeness (QED) is 0.855. The first-order chi connectivity index (χ1) is 9.63. The van der Waals surface area contributed by atoms with Crippen LogP contribution in [0.2, 0.25) is 0 Å². The lowest BCUT2D eigenvalue weighted by Crippen LogP contribution is -2.53. The molecule has 1 unspecified atom stereocenters. The molecule has 1 N–H and O–H groups in total. The van der Waals surface area contributed by atoms with Gasteiger partial charge in [-0.15, -0.1) is 11.3 Å². The molecule has 114 valence electrons. The van der Waals surface area contributed by atoms with Crippen LogP contribution in [0.4, 0.5) is 0 Å². The molecule has 0 spiro atoms. The third kappa shape index (κ3) is 3.44.